The first kappa shape index (κ1) is 21.4. The summed E-state index contributed by atoms with van der Waals surface area (Å²) in [5.74, 6) is -0.981. The molecule has 4 aromatic carbocycles. The summed E-state index contributed by atoms with van der Waals surface area (Å²) in [6.07, 6.45) is 3.10. The standard InChI is InChI=1S/C27H26N2O3/c1-2-3-6-14-28-26(31)20-13-12-19-17-25(30)23(16-21(19)15-20)27(32)29-24-11-7-9-18-8-4-5-10-22(18)24/h4-5,7-13,15-17,30H,2-3,6,14H2,1H3,(H,28,31)(H,29,32)/p-1. The molecule has 0 radical (unpaired) electrons. The van der Waals surface area contributed by atoms with Crippen molar-refractivity contribution in [3.8, 4) is 5.75 Å². The molecule has 0 saturated heterocycles. The number of unbranched alkanes of at least 4 members (excludes halogenated alkanes) is 2. The van der Waals surface area contributed by atoms with E-state index in [0.29, 0.717) is 28.6 Å². The smallest absolute Gasteiger partial charge is 0.255 e. The van der Waals surface area contributed by atoms with Gasteiger partial charge in [-0.1, -0.05) is 74.0 Å². The van der Waals surface area contributed by atoms with Gasteiger partial charge >= 0.3 is 0 Å². The molecule has 162 valence electrons. The van der Waals surface area contributed by atoms with Gasteiger partial charge in [-0.25, -0.2) is 0 Å². The molecule has 0 bridgehead atoms. The second kappa shape index (κ2) is 9.52. The summed E-state index contributed by atoms with van der Waals surface area (Å²) in [4.78, 5) is 25.4. The first-order valence-corrected chi connectivity index (χ1v) is 10.9. The highest BCUT2D eigenvalue weighted by Gasteiger charge is 2.12. The zero-order chi connectivity index (χ0) is 22.5. The minimum atomic E-state index is -0.470. The van der Waals surface area contributed by atoms with Crippen LogP contribution in [0.25, 0.3) is 21.5 Å². The predicted octanol–water partition coefficient (Wildman–Crippen LogP) is 5.24. The highest BCUT2D eigenvalue weighted by atomic mass is 16.3. The van der Waals surface area contributed by atoms with Gasteiger partial charge in [0.2, 0.25) is 0 Å². The molecule has 0 saturated carbocycles. The van der Waals surface area contributed by atoms with E-state index in [1.54, 1.807) is 24.3 Å². The monoisotopic (exact) mass is 425 g/mol. The van der Waals surface area contributed by atoms with Gasteiger partial charge in [-0.3, -0.25) is 9.59 Å². The molecular formula is C27H25N2O3-. The predicted molar refractivity (Wildman–Crippen MR) is 127 cm³/mol. The average Bonchev–Trinajstić information content (AvgIpc) is 2.81. The normalized spacial score (nSPS) is 10.9. The van der Waals surface area contributed by atoms with Gasteiger partial charge in [0.15, 0.2) is 0 Å². The lowest BCUT2D eigenvalue weighted by molar-refractivity contribution is -0.268. The van der Waals surface area contributed by atoms with E-state index in [1.165, 1.54) is 6.07 Å². The van der Waals surface area contributed by atoms with Crippen LogP contribution >= 0.6 is 0 Å². The van der Waals surface area contributed by atoms with Crippen molar-refractivity contribution in [1.82, 2.24) is 5.32 Å². The Morgan fingerprint density at radius 2 is 1.62 bits per heavy atom. The Labute approximate surface area is 187 Å². The first-order valence-electron chi connectivity index (χ1n) is 10.9. The van der Waals surface area contributed by atoms with E-state index in [0.717, 1.165) is 30.0 Å². The number of nitrogens with one attached hydrogen (secondary N) is 2. The fourth-order valence-corrected chi connectivity index (χ4v) is 3.80. The number of carbonyl (C=O) groups is 2. The average molecular weight is 426 g/mol. The van der Waals surface area contributed by atoms with Gasteiger partial charge in [-0.2, -0.15) is 0 Å². The highest BCUT2D eigenvalue weighted by molar-refractivity contribution is 6.12. The molecule has 4 rings (SSSR count). The molecule has 5 heteroatoms. The molecule has 0 aromatic heterocycles. The fourth-order valence-electron chi connectivity index (χ4n) is 3.80. The van der Waals surface area contributed by atoms with Gasteiger partial charge in [-0.15, -0.1) is 0 Å². The van der Waals surface area contributed by atoms with Crippen LogP contribution < -0.4 is 15.7 Å². The molecular weight excluding hydrogens is 400 g/mol. The van der Waals surface area contributed by atoms with Crippen molar-refractivity contribution < 1.29 is 14.7 Å². The largest absolute Gasteiger partial charge is 0.872 e. The second-order valence-electron chi connectivity index (χ2n) is 7.85. The van der Waals surface area contributed by atoms with Gasteiger partial charge in [0.05, 0.1) is 0 Å². The number of rotatable bonds is 7. The molecule has 0 unspecified atom stereocenters. The van der Waals surface area contributed by atoms with Crippen molar-refractivity contribution in [3.63, 3.8) is 0 Å². The van der Waals surface area contributed by atoms with Crippen LogP contribution in [-0.2, 0) is 0 Å². The molecule has 0 aliphatic rings. The third kappa shape index (κ3) is 4.57. The Kier molecular flexibility index (Phi) is 6.36. The van der Waals surface area contributed by atoms with Crippen LogP contribution in [0.2, 0.25) is 0 Å². The van der Waals surface area contributed by atoms with E-state index in [9.17, 15) is 14.7 Å². The molecule has 0 aliphatic heterocycles. The van der Waals surface area contributed by atoms with Gasteiger partial charge in [0.1, 0.15) is 0 Å². The minimum Gasteiger partial charge on any atom is -0.872 e. The number of hydrogen-bond donors (Lipinski definition) is 2. The van der Waals surface area contributed by atoms with Crippen molar-refractivity contribution >= 4 is 39.0 Å². The Bertz CT molecular complexity index is 1290. The van der Waals surface area contributed by atoms with Gasteiger partial charge < -0.3 is 15.7 Å². The molecule has 5 nitrogen and oxygen atoms in total. The summed E-state index contributed by atoms with van der Waals surface area (Å²) in [5.41, 5.74) is 1.20. The number of anilines is 1. The van der Waals surface area contributed by atoms with Crippen molar-refractivity contribution in [1.29, 1.82) is 0 Å². The van der Waals surface area contributed by atoms with Crippen molar-refractivity contribution in [2.45, 2.75) is 26.2 Å². The van der Waals surface area contributed by atoms with Crippen molar-refractivity contribution in [2.75, 3.05) is 11.9 Å². The molecule has 4 aromatic rings. The summed E-state index contributed by atoms with van der Waals surface area (Å²) in [5, 5.41) is 21.7. The van der Waals surface area contributed by atoms with E-state index in [1.807, 2.05) is 42.5 Å². The summed E-state index contributed by atoms with van der Waals surface area (Å²) in [6.45, 7) is 2.74. The summed E-state index contributed by atoms with van der Waals surface area (Å²) in [7, 11) is 0. The molecule has 0 fully saturated rings. The number of fused-ring (bicyclic) bond motifs is 2. The molecule has 0 atom stereocenters. The van der Waals surface area contributed by atoms with E-state index in [4.69, 9.17) is 0 Å². The maximum atomic E-state index is 13.0. The zero-order valence-electron chi connectivity index (χ0n) is 18.0. The molecule has 2 amide bonds. The molecule has 32 heavy (non-hydrogen) atoms. The zero-order valence-corrected chi connectivity index (χ0v) is 18.0. The Morgan fingerprint density at radius 3 is 2.47 bits per heavy atom. The van der Waals surface area contributed by atoms with E-state index >= 15 is 0 Å². The van der Waals surface area contributed by atoms with Crippen LogP contribution in [0.3, 0.4) is 0 Å². The molecule has 2 N–H and O–H groups in total. The van der Waals surface area contributed by atoms with Gasteiger partial charge in [-0.05, 0) is 46.8 Å². The van der Waals surface area contributed by atoms with Crippen LogP contribution in [0.5, 0.6) is 5.75 Å². The molecule has 0 spiro atoms. The minimum absolute atomic E-state index is 0.0472. The summed E-state index contributed by atoms with van der Waals surface area (Å²) < 4.78 is 0. The number of amides is 2. The maximum absolute atomic E-state index is 13.0. The van der Waals surface area contributed by atoms with E-state index in [-0.39, 0.29) is 17.2 Å². The number of hydrogen-bond acceptors (Lipinski definition) is 3. The Morgan fingerprint density at radius 1 is 0.812 bits per heavy atom. The van der Waals surface area contributed by atoms with Gasteiger partial charge in [0.25, 0.3) is 11.8 Å². The molecule has 0 heterocycles. The SMILES string of the molecule is CCCCCNC(=O)c1ccc2cc([O-])c(C(=O)Nc3cccc4ccccc34)cc2c1. The highest BCUT2D eigenvalue weighted by Crippen LogP contribution is 2.27. The number of benzene rings is 4. The van der Waals surface area contributed by atoms with Crippen molar-refractivity contribution in [2.24, 2.45) is 0 Å². The second-order valence-corrected chi connectivity index (χ2v) is 7.85. The third-order valence-electron chi connectivity index (χ3n) is 5.55. The lowest BCUT2D eigenvalue weighted by Crippen LogP contribution is -2.24. The lowest BCUT2D eigenvalue weighted by atomic mass is 10.0. The van der Waals surface area contributed by atoms with E-state index < -0.39 is 5.91 Å². The topological polar surface area (TPSA) is 81.3 Å². The Balaban J connectivity index is 1.59. The third-order valence-corrected chi connectivity index (χ3v) is 5.55. The lowest BCUT2D eigenvalue weighted by Gasteiger charge is -2.16. The van der Waals surface area contributed by atoms with Crippen LogP contribution in [0.4, 0.5) is 5.69 Å². The Hall–Kier alpha value is -3.86. The van der Waals surface area contributed by atoms with Crippen LogP contribution in [0, 0.1) is 0 Å². The van der Waals surface area contributed by atoms with Gasteiger partial charge in [0, 0.05) is 28.7 Å². The quantitative estimate of drug-likeness (QED) is 0.397. The van der Waals surface area contributed by atoms with E-state index in [2.05, 4.69) is 17.6 Å². The summed E-state index contributed by atoms with van der Waals surface area (Å²) >= 11 is 0. The first-order chi connectivity index (χ1) is 15.6. The van der Waals surface area contributed by atoms with Crippen LogP contribution in [-0.4, -0.2) is 18.4 Å². The van der Waals surface area contributed by atoms with Crippen LogP contribution in [0.15, 0.2) is 72.8 Å². The van der Waals surface area contributed by atoms with Crippen LogP contribution in [0.1, 0.15) is 46.9 Å². The van der Waals surface area contributed by atoms with Crippen molar-refractivity contribution in [3.05, 3.63) is 83.9 Å². The number of carbonyl (C=O) groups excluding carboxylic acids is 2. The molecule has 0 aliphatic carbocycles. The summed E-state index contributed by atoms with van der Waals surface area (Å²) in [6, 6.07) is 21.5. The maximum Gasteiger partial charge on any atom is 0.255 e. The fraction of sp³-hybridized carbons (Fsp3) is 0.185.